The number of amides is 1. The zero-order chi connectivity index (χ0) is 17.4. The molecule has 1 aromatic heterocycles. The normalized spacial score (nSPS) is 13.2. The Hall–Kier alpha value is -2.62. The van der Waals surface area contributed by atoms with E-state index in [2.05, 4.69) is 5.32 Å². The highest BCUT2D eigenvalue weighted by atomic mass is 32.1. The summed E-state index contributed by atoms with van der Waals surface area (Å²) >= 11 is 1.50. The van der Waals surface area contributed by atoms with Gasteiger partial charge in [0.05, 0.1) is 6.54 Å². The second-order valence-corrected chi connectivity index (χ2v) is 6.13. The van der Waals surface area contributed by atoms with Crippen LogP contribution in [0.25, 0.3) is 6.08 Å². The summed E-state index contributed by atoms with van der Waals surface area (Å²) in [6.07, 6.45) is 3.08. The van der Waals surface area contributed by atoms with Crippen LogP contribution < -0.4 is 10.1 Å². The fraction of sp³-hybridized carbons (Fsp3) is 0.222. The standard InChI is InChI=1S/C18H18N2O3S/c1-18(22,15-8-11-24-12-15)13-20-17(21)7-4-14-2-5-16(6-3-14)23-10-9-19/h2-8,11-12,22H,10,13H2,1H3,(H,20,21). The van der Waals surface area contributed by atoms with Crippen LogP contribution in [0.2, 0.25) is 0 Å². The third kappa shape index (κ3) is 5.23. The van der Waals surface area contributed by atoms with Crippen LogP contribution in [0.4, 0.5) is 0 Å². The number of hydrogen-bond donors (Lipinski definition) is 2. The maximum absolute atomic E-state index is 11.9. The first-order chi connectivity index (χ1) is 11.5. The Balaban J connectivity index is 1.85. The van der Waals surface area contributed by atoms with Gasteiger partial charge in [-0.25, -0.2) is 0 Å². The molecule has 24 heavy (non-hydrogen) atoms. The lowest BCUT2D eigenvalue weighted by molar-refractivity contribution is -0.117. The molecule has 2 rings (SSSR count). The summed E-state index contributed by atoms with van der Waals surface area (Å²) in [7, 11) is 0. The van der Waals surface area contributed by atoms with Crippen LogP contribution in [0.1, 0.15) is 18.1 Å². The van der Waals surface area contributed by atoms with Gasteiger partial charge in [0.15, 0.2) is 6.61 Å². The molecule has 5 nitrogen and oxygen atoms in total. The highest BCUT2D eigenvalue weighted by Gasteiger charge is 2.23. The summed E-state index contributed by atoms with van der Waals surface area (Å²) < 4.78 is 5.16. The first-order valence-corrected chi connectivity index (χ1v) is 8.26. The van der Waals surface area contributed by atoms with E-state index in [1.807, 2.05) is 22.9 Å². The van der Waals surface area contributed by atoms with Crippen LogP contribution in [0.15, 0.2) is 47.2 Å². The molecule has 2 aromatic rings. The van der Waals surface area contributed by atoms with Crippen molar-refractivity contribution in [2.45, 2.75) is 12.5 Å². The van der Waals surface area contributed by atoms with E-state index < -0.39 is 5.60 Å². The number of ether oxygens (including phenoxy) is 1. The average molecular weight is 342 g/mol. The van der Waals surface area contributed by atoms with E-state index >= 15 is 0 Å². The quantitative estimate of drug-likeness (QED) is 0.758. The van der Waals surface area contributed by atoms with Crippen LogP contribution in [-0.4, -0.2) is 24.2 Å². The van der Waals surface area contributed by atoms with Gasteiger partial charge in [0, 0.05) is 6.08 Å². The minimum atomic E-state index is -1.09. The van der Waals surface area contributed by atoms with Crippen molar-refractivity contribution in [2.75, 3.05) is 13.2 Å². The van der Waals surface area contributed by atoms with Crippen LogP contribution in [0, 0.1) is 11.3 Å². The summed E-state index contributed by atoms with van der Waals surface area (Å²) in [6.45, 7) is 1.80. The number of carbonyl (C=O) groups excluding carboxylic acids is 1. The molecule has 1 amide bonds. The van der Waals surface area contributed by atoms with Gasteiger partial charge in [-0.3, -0.25) is 4.79 Å². The SMILES string of the molecule is CC(O)(CNC(=O)C=Cc1ccc(OCC#N)cc1)c1ccsc1. The van der Waals surface area contributed by atoms with Gasteiger partial charge in [-0.1, -0.05) is 12.1 Å². The number of hydrogen-bond acceptors (Lipinski definition) is 5. The van der Waals surface area contributed by atoms with Crippen LogP contribution in [0.3, 0.4) is 0 Å². The van der Waals surface area contributed by atoms with Crippen molar-refractivity contribution in [1.82, 2.24) is 5.32 Å². The van der Waals surface area contributed by atoms with Gasteiger partial charge < -0.3 is 15.2 Å². The fourth-order valence-electron chi connectivity index (χ4n) is 1.95. The number of nitriles is 1. The molecule has 1 heterocycles. The molecule has 0 fully saturated rings. The van der Waals surface area contributed by atoms with Gasteiger partial charge in [-0.05, 0) is 53.1 Å². The third-order valence-electron chi connectivity index (χ3n) is 3.36. The lowest BCUT2D eigenvalue weighted by atomic mass is 9.99. The molecule has 1 atom stereocenters. The van der Waals surface area contributed by atoms with Crippen molar-refractivity contribution >= 4 is 23.3 Å². The lowest BCUT2D eigenvalue weighted by Crippen LogP contribution is -2.37. The number of thiophene rings is 1. The van der Waals surface area contributed by atoms with Gasteiger partial charge in [0.2, 0.25) is 5.91 Å². The molecule has 0 bridgehead atoms. The molecule has 0 aliphatic heterocycles. The van der Waals surface area contributed by atoms with E-state index in [1.54, 1.807) is 37.3 Å². The third-order valence-corrected chi connectivity index (χ3v) is 4.04. The van der Waals surface area contributed by atoms with E-state index in [4.69, 9.17) is 10.00 Å². The summed E-state index contributed by atoms with van der Waals surface area (Å²) in [4.78, 5) is 11.9. The Kier molecular flexibility index (Phi) is 6.13. The van der Waals surface area contributed by atoms with Crippen molar-refractivity contribution in [3.05, 3.63) is 58.3 Å². The van der Waals surface area contributed by atoms with Crippen molar-refractivity contribution in [2.24, 2.45) is 0 Å². The van der Waals surface area contributed by atoms with Gasteiger partial charge in [-0.15, -0.1) is 0 Å². The fourth-order valence-corrected chi connectivity index (χ4v) is 2.74. The zero-order valence-corrected chi connectivity index (χ0v) is 14.0. The number of aliphatic hydroxyl groups is 1. The van der Waals surface area contributed by atoms with E-state index in [9.17, 15) is 9.90 Å². The maximum atomic E-state index is 11.9. The molecule has 0 saturated heterocycles. The molecular weight excluding hydrogens is 324 g/mol. The largest absolute Gasteiger partial charge is 0.479 e. The van der Waals surface area contributed by atoms with Crippen molar-refractivity contribution in [3.8, 4) is 11.8 Å². The molecule has 0 spiro atoms. The molecular formula is C18H18N2O3S. The minimum absolute atomic E-state index is 0.00164. The monoisotopic (exact) mass is 342 g/mol. The van der Waals surface area contributed by atoms with Crippen LogP contribution in [0.5, 0.6) is 5.75 Å². The van der Waals surface area contributed by atoms with Gasteiger partial charge in [0.25, 0.3) is 0 Å². The maximum Gasteiger partial charge on any atom is 0.244 e. The number of nitrogens with one attached hydrogen (secondary N) is 1. The molecule has 1 unspecified atom stereocenters. The van der Waals surface area contributed by atoms with Crippen molar-refractivity contribution in [3.63, 3.8) is 0 Å². The Bertz CT molecular complexity index is 729. The average Bonchev–Trinajstić information content (AvgIpc) is 3.13. The second-order valence-electron chi connectivity index (χ2n) is 5.35. The molecule has 2 N–H and O–H groups in total. The van der Waals surface area contributed by atoms with E-state index in [-0.39, 0.29) is 19.1 Å². The number of nitrogens with zero attached hydrogens (tertiary/aromatic N) is 1. The molecule has 6 heteroatoms. The van der Waals surface area contributed by atoms with Crippen LogP contribution in [-0.2, 0) is 10.4 Å². The van der Waals surface area contributed by atoms with Crippen molar-refractivity contribution in [1.29, 1.82) is 5.26 Å². The Labute approximate surface area is 144 Å². The van der Waals surface area contributed by atoms with E-state index in [0.717, 1.165) is 11.1 Å². The van der Waals surface area contributed by atoms with Gasteiger partial charge in [-0.2, -0.15) is 16.6 Å². The Morgan fingerprint density at radius 1 is 1.42 bits per heavy atom. The van der Waals surface area contributed by atoms with E-state index in [0.29, 0.717) is 5.75 Å². The molecule has 0 aliphatic rings. The second kappa shape index (κ2) is 8.29. The minimum Gasteiger partial charge on any atom is -0.479 e. The first kappa shape index (κ1) is 17.7. The lowest BCUT2D eigenvalue weighted by Gasteiger charge is -2.22. The molecule has 0 saturated carbocycles. The van der Waals surface area contributed by atoms with Crippen molar-refractivity contribution < 1.29 is 14.6 Å². The van der Waals surface area contributed by atoms with Gasteiger partial charge >= 0.3 is 0 Å². The molecule has 0 radical (unpaired) electrons. The zero-order valence-electron chi connectivity index (χ0n) is 13.2. The predicted molar refractivity (Wildman–Crippen MR) is 93.5 cm³/mol. The summed E-state index contributed by atoms with van der Waals surface area (Å²) in [5.74, 6) is 0.320. The predicted octanol–water partition coefficient (Wildman–Crippen LogP) is 2.69. The number of benzene rings is 1. The highest BCUT2D eigenvalue weighted by Crippen LogP contribution is 2.22. The first-order valence-electron chi connectivity index (χ1n) is 7.32. The Morgan fingerprint density at radius 3 is 2.79 bits per heavy atom. The highest BCUT2D eigenvalue weighted by molar-refractivity contribution is 7.08. The number of rotatable bonds is 7. The molecule has 1 aromatic carbocycles. The van der Waals surface area contributed by atoms with Crippen LogP contribution >= 0.6 is 11.3 Å². The van der Waals surface area contributed by atoms with Gasteiger partial charge in [0.1, 0.15) is 17.4 Å². The summed E-state index contributed by atoms with van der Waals surface area (Å²) in [6, 6.07) is 10.8. The number of carbonyl (C=O) groups is 1. The summed E-state index contributed by atoms with van der Waals surface area (Å²) in [5, 5.41) is 25.2. The smallest absolute Gasteiger partial charge is 0.244 e. The Morgan fingerprint density at radius 2 is 2.17 bits per heavy atom. The molecule has 0 aliphatic carbocycles. The topological polar surface area (TPSA) is 82.3 Å². The summed E-state index contributed by atoms with van der Waals surface area (Å²) in [5.41, 5.74) is 0.521. The van der Waals surface area contributed by atoms with E-state index in [1.165, 1.54) is 17.4 Å². The molecule has 124 valence electrons.